The number of hydrogen-bond acceptors (Lipinski definition) is 10. The highest BCUT2D eigenvalue weighted by molar-refractivity contribution is 6.25. The Bertz CT molecular complexity index is 1400. The number of aromatic hydroxyl groups is 1. The monoisotopic (exact) mass is 565 g/mol. The number of rotatable bonds is 7. The number of hydrogen-bond donors (Lipinski definition) is 6. The maximum Gasteiger partial charge on any atom is 0.230 e. The molecule has 8 atom stereocenters. The molecular weight excluding hydrogens is 530 g/mol. The lowest BCUT2D eigenvalue weighted by Gasteiger charge is -2.56. The van der Waals surface area contributed by atoms with Crippen molar-refractivity contribution >= 4 is 23.3 Å². The van der Waals surface area contributed by atoms with E-state index in [4.69, 9.17) is 5.73 Å². The number of carbonyl (C=O) groups is 4. The number of ketones is 3. The molecule has 3 aliphatic carbocycles. The summed E-state index contributed by atoms with van der Waals surface area (Å²) < 4.78 is 0. The fraction of sp³-hybridized carbons (Fsp3) is 0.467. The minimum Gasteiger partial charge on any atom is -0.507 e. The average Bonchev–Trinajstić information content (AvgIpc) is 2.92. The summed E-state index contributed by atoms with van der Waals surface area (Å²) in [5.41, 5.74) is 4.36. The van der Waals surface area contributed by atoms with E-state index in [0.717, 1.165) is 12.0 Å². The molecule has 0 aromatic heterocycles. The quantitative estimate of drug-likeness (QED) is 0.179. The number of nitrogens with two attached hydrogens (primary N) is 1. The summed E-state index contributed by atoms with van der Waals surface area (Å²) in [5, 5.41) is 48.5. The summed E-state index contributed by atoms with van der Waals surface area (Å²) >= 11 is 0. The Kier molecular flexibility index (Phi) is 7.60. The van der Waals surface area contributed by atoms with E-state index in [1.165, 1.54) is 19.0 Å². The second-order valence-electron chi connectivity index (χ2n) is 11.6. The van der Waals surface area contributed by atoms with Gasteiger partial charge in [-0.15, -0.1) is 0 Å². The van der Waals surface area contributed by atoms with Gasteiger partial charge in [0.15, 0.2) is 23.0 Å². The topological polar surface area (TPSA) is 190 Å². The second kappa shape index (κ2) is 10.7. The first-order chi connectivity index (χ1) is 19.4. The van der Waals surface area contributed by atoms with Crippen LogP contribution in [0.5, 0.6) is 5.75 Å². The van der Waals surface area contributed by atoms with Crippen LogP contribution in [0.4, 0.5) is 0 Å². The zero-order valence-corrected chi connectivity index (χ0v) is 22.9. The number of aliphatic hydroxyl groups is 3. The van der Waals surface area contributed by atoms with Gasteiger partial charge in [-0.25, -0.2) is 0 Å². The lowest BCUT2D eigenvalue weighted by molar-refractivity contribution is -0.207. The molecule has 218 valence electrons. The summed E-state index contributed by atoms with van der Waals surface area (Å²) in [7, 11) is 3.03. The van der Waals surface area contributed by atoms with Gasteiger partial charge in [0, 0.05) is 30.0 Å². The SMILES string of the molecule is CN(C)[C@H]1C(O)C(C(N)=O)C(=O)[C@]2(O)C(=O)C3C(=O)c4c(ccc(CNCCc5ccccc5)c4O)C[C@@H]3[C@@H](O)[C@H]12. The lowest BCUT2D eigenvalue weighted by Crippen LogP contribution is -2.78. The van der Waals surface area contributed by atoms with E-state index in [1.807, 2.05) is 30.3 Å². The highest BCUT2D eigenvalue weighted by Gasteiger charge is 2.72. The summed E-state index contributed by atoms with van der Waals surface area (Å²) in [5.74, 6) is -10.9. The molecule has 11 heteroatoms. The third-order valence-corrected chi connectivity index (χ3v) is 9.08. The molecule has 0 saturated heterocycles. The Morgan fingerprint density at radius 1 is 1.05 bits per heavy atom. The molecule has 0 aliphatic heterocycles. The van der Waals surface area contributed by atoms with Crippen molar-refractivity contribution in [2.24, 2.45) is 29.4 Å². The fourth-order valence-electron chi connectivity index (χ4n) is 7.09. The first-order valence-corrected chi connectivity index (χ1v) is 13.7. The van der Waals surface area contributed by atoms with E-state index < -0.39 is 70.8 Å². The van der Waals surface area contributed by atoms with Crippen LogP contribution in [0.2, 0.25) is 0 Å². The van der Waals surface area contributed by atoms with Crippen LogP contribution in [0.25, 0.3) is 0 Å². The third kappa shape index (κ3) is 4.48. The molecule has 2 fully saturated rings. The van der Waals surface area contributed by atoms with Gasteiger partial charge in [-0.1, -0.05) is 42.5 Å². The van der Waals surface area contributed by atoms with Gasteiger partial charge >= 0.3 is 0 Å². The van der Waals surface area contributed by atoms with E-state index >= 15 is 0 Å². The minimum absolute atomic E-state index is 0.0180. The normalized spacial score (nSPS) is 32.8. The molecule has 0 spiro atoms. The van der Waals surface area contributed by atoms with Crippen LogP contribution in [-0.2, 0) is 33.8 Å². The Hall–Kier alpha value is -3.48. The molecule has 2 saturated carbocycles. The molecule has 1 amide bonds. The maximum absolute atomic E-state index is 13.9. The number of nitrogens with one attached hydrogen (secondary N) is 1. The Morgan fingerprint density at radius 2 is 1.73 bits per heavy atom. The van der Waals surface area contributed by atoms with Crippen LogP contribution in [0.15, 0.2) is 42.5 Å². The van der Waals surface area contributed by atoms with Crippen LogP contribution in [0.1, 0.15) is 27.0 Å². The van der Waals surface area contributed by atoms with Crippen molar-refractivity contribution in [3.63, 3.8) is 0 Å². The molecule has 0 heterocycles. The first-order valence-electron chi connectivity index (χ1n) is 13.7. The van der Waals surface area contributed by atoms with Crippen LogP contribution in [-0.4, -0.2) is 93.1 Å². The predicted molar refractivity (Wildman–Crippen MR) is 146 cm³/mol. The number of likely N-dealkylation sites (N-methyl/N-ethyl adjacent to an activating group) is 1. The van der Waals surface area contributed by atoms with Gasteiger partial charge in [0.05, 0.1) is 23.7 Å². The fourth-order valence-corrected chi connectivity index (χ4v) is 7.09. The van der Waals surface area contributed by atoms with Gasteiger partial charge in [0.2, 0.25) is 5.91 Å². The van der Waals surface area contributed by atoms with E-state index in [9.17, 15) is 39.6 Å². The van der Waals surface area contributed by atoms with Crippen molar-refractivity contribution in [1.29, 1.82) is 0 Å². The predicted octanol–water partition coefficient (Wildman–Crippen LogP) is -1.04. The number of phenols is 1. The molecule has 2 aromatic rings. The number of primary amides is 1. The van der Waals surface area contributed by atoms with Gasteiger partial charge in [0.25, 0.3) is 0 Å². The zero-order chi connectivity index (χ0) is 29.8. The Balaban J connectivity index is 1.46. The summed E-state index contributed by atoms with van der Waals surface area (Å²) in [6.45, 7) is 0.859. The van der Waals surface area contributed by atoms with Crippen LogP contribution in [0, 0.1) is 23.7 Å². The molecule has 7 N–H and O–H groups in total. The molecule has 5 rings (SSSR count). The average molecular weight is 566 g/mol. The van der Waals surface area contributed by atoms with E-state index in [0.29, 0.717) is 17.7 Å². The third-order valence-electron chi connectivity index (χ3n) is 9.08. The van der Waals surface area contributed by atoms with Gasteiger partial charge in [-0.05, 0) is 44.6 Å². The number of carbonyl (C=O) groups excluding carboxylic acids is 4. The Morgan fingerprint density at radius 3 is 2.37 bits per heavy atom. The number of Topliss-reactive ketones (excluding diaryl/α,β-unsaturated/α-hetero) is 3. The summed E-state index contributed by atoms with van der Waals surface area (Å²) in [6.07, 6.45) is -2.48. The number of nitrogens with zero attached hydrogens (tertiary/aromatic N) is 1. The van der Waals surface area contributed by atoms with Gasteiger partial charge in [0.1, 0.15) is 11.7 Å². The smallest absolute Gasteiger partial charge is 0.230 e. The molecule has 3 aliphatic rings. The first kappa shape index (κ1) is 29.0. The van der Waals surface area contributed by atoms with Crippen LogP contribution >= 0.6 is 0 Å². The summed E-state index contributed by atoms with van der Waals surface area (Å²) in [6, 6.07) is 12.0. The molecule has 41 heavy (non-hydrogen) atoms. The second-order valence-corrected chi connectivity index (χ2v) is 11.6. The van der Waals surface area contributed by atoms with Crippen molar-refractivity contribution in [2.45, 2.75) is 43.2 Å². The maximum atomic E-state index is 13.9. The van der Waals surface area contributed by atoms with Gasteiger partial charge in [-0.3, -0.25) is 19.2 Å². The van der Waals surface area contributed by atoms with Crippen LogP contribution < -0.4 is 11.1 Å². The molecule has 3 unspecified atom stereocenters. The largest absolute Gasteiger partial charge is 0.507 e. The molecule has 0 radical (unpaired) electrons. The van der Waals surface area contributed by atoms with Crippen molar-refractivity contribution in [2.75, 3.05) is 20.6 Å². The van der Waals surface area contributed by atoms with Crippen molar-refractivity contribution in [1.82, 2.24) is 10.2 Å². The van der Waals surface area contributed by atoms with Crippen molar-refractivity contribution in [3.05, 3.63) is 64.7 Å². The molecule has 0 bridgehead atoms. The highest BCUT2D eigenvalue weighted by atomic mass is 16.3. The molecule has 11 nitrogen and oxygen atoms in total. The van der Waals surface area contributed by atoms with E-state index in [2.05, 4.69) is 5.32 Å². The summed E-state index contributed by atoms with van der Waals surface area (Å²) in [4.78, 5) is 54.8. The number of benzene rings is 2. The molecule has 2 aromatic carbocycles. The molecular formula is C30H35N3O8. The van der Waals surface area contributed by atoms with E-state index in [-0.39, 0.29) is 24.3 Å². The zero-order valence-electron chi connectivity index (χ0n) is 22.9. The number of fused-ring (bicyclic) bond motifs is 3. The van der Waals surface area contributed by atoms with Crippen LogP contribution in [0.3, 0.4) is 0 Å². The highest BCUT2D eigenvalue weighted by Crippen LogP contribution is 2.51. The lowest BCUT2D eigenvalue weighted by atomic mass is 9.51. The minimum atomic E-state index is -2.94. The number of phenolic OH excluding ortho intramolecular Hbond substituents is 1. The number of amides is 1. The van der Waals surface area contributed by atoms with Gasteiger partial charge < -0.3 is 36.4 Å². The van der Waals surface area contributed by atoms with Crippen molar-refractivity contribution in [3.8, 4) is 5.75 Å². The van der Waals surface area contributed by atoms with Gasteiger partial charge in [-0.2, -0.15) is 0 Å². The van der Waals surface area contributed by atoms with Crippen molar-refractivity contribution < 1.29 is 39.6 Å². The Labute approximate surface area is 237 Å². The number of aliphatic hydroxyl groups excluding tert-OH is 2. The van der Waals surface area contributed by atoms with E-state index in [1.54, 1.807) is 12.1 Å². The standard InChI is InChI=1S/C30H35N3O8/c1-33(2)22-21-24(35)17-12-15-8-9-16(13-32-11-10-14-6-4-3-5-7-14)23(34)18(15)25(36)19(17)27(38)30(21,41)28(39)20(26(22)37)29(31)40/h3-9,17,19-22,24,26,32,34-35,37,41H,10-13H2,1-2H3,(H2,31,40)/t17-,19?,20?,21-,22+,24+,26?,30+/m0/s1.